The second-order valence-electron chi connectivity index (χ2n) is 4.20. The molecule has 2 amide bonds. The first-order chi connectivity index (χ1) is 6.81. The molecule has 2 aliphatic rings. The smallest absolute Gasteiger partial charge is 0.320 e. The molecule has 1 atom stereocenters. The van der Waals surface area contributed by atoms with E-state index in [-0.39, 0.29) is 6.03 Å². The van der Waals surface area contributed by atoms with E-state index in [1.54, 1.807) is 0 Å². The zero-order chi connectivity index (χ0) is 9.97. The summed E-state index contributed by atoms with van der Waals surface area (Å²) in [6.45, 7) is 3.71. The van der Waals surface area contributed by atoms with Crippen LogP contribution in [0.4, 0.5) is 4.79 Å². The molecule has 0 bridgehead atoms. The monoisotopic (exact) mass is 197 g/mol. The highest BCUT2D eigenvalue weighted by molar-refractivity contribution is 5.75. The van der Waals surface area contributed by atoms with E-state index in [2.05, 4.69) is 5.32 Å². The van der Waals surface area contributed by atoms with Crippen LogP contribution in [0.5, 0.6) is 0 Å². The molecular formula is C10H19N3O. The number of carbonyl (C=O) groups is 1. The van der Waals surface area contributed by atoms with Crippen molar-refractivity contribution in [2.45, 2.75) is 25.3 Å². The third-order valence-electron chi connectivity index (χ3n) is 3.24. The summed E-state index contributed by atoms with van der Waals surface area (Å²) in [5.74, 6) is 0. The highest BCUT2D eigenvalue weighted by Crippen LogP contribution is 2.15. The van der Waals surface area contributed by atoms with Gasteiger partial charge in [-0.25, -0.2) is 4.79 Å². The summed E-state index contributed by atoms with van der Waals surface area (Å²) >= 11 is 0. The number of likely N-dealkylation sites (tertiary alicyclic amines) is 2. The van der Waals surface area contributed by atoms with Crippen molar-refractivity contribution in [1.82, 2.24) is 15.1 Å². The minimum Gasteiger partial charge on any atom is -0.325 e. The van der Waals surface area contributed by atoms with Crippen molar-refractivity contribution >= 4 is 6.03 Å². The van der Waals surface area contributed by atoms with Crippen molar-refractivity contribution in [3.8, 4) is 0 Å². The predicted octanol–water partition coefficient (Wildman–Crippen LogP) is 0.496. The first-order valence-corrected chi connectivity index (χ1v) is 5.52. The summed E-state index contributed by atoms with van der Waals surface area (Å²) in [5.41, 5.74) is 0. The SMILES string of the molecule is CNC1CCN(C(=O)N2CCCC2)C1. The maximum Gasteiger partial charge on any atom is 0.320 e. The van der Waals surface area contributed by atoms with Gasteiger partial charge in [0.15, 0.2) is 0 Å². The lowest BCUT2D eigenvalue weighted by Gasteiger charge is -2.23. The first-order valence-electron chi connectivity index (χ1n) is 5.52. The molecule has 2 aliphatic heterocycles. The van der Waals surface area contributed by atoms with E-state index in [1.165, 1.54) is 12.8 Å². The fourth-order valence-electron chi connectivity index (χ4n) is 2.28. The summed E-state index contributed by atoms with van der Waals surface area (Å²) in [5, 5.41) is 3.23. The Balaban J connectivity index is 1.86. The molecule has 1 unspecified atom stereocenters. The van der Waals surface area contributed by atoms with Crippen LogP contribution in [-0.2, 0) is 0 Å². The standard InChI is InChI=1S/C10H19N3O/c1-11-9-4-7-13(8-9)10(14)12-5-2-3-6-12/h9,11H,2-8H2,1H3. The second kappa shape index (κ2) is 4.17. The first kappa shape index (κ1) is 9.77. The largest absolute Gasteiger partial charge is 0.325 e. The van der Waals surface area contributed by atoms with Crippen molar-refractivity contribution in [1.29, 1.82) is 0 Å². The molecular weight excluding hydrogens is 178 g/mol. The fraction of sp³-hybridized carbons (Fsp3) is 0.900. The van der Waals surface area contributed by atoms with Gasteiger partial charge < -0.3 is 15.1 Å². The third kappa shape index (κ3) is 1.85. The van der Waals surface area contributed by atoms with Crippen LogP contribution >= 0.6 is 0 Å². The number of hydrogen-bond donors (Lipinski definition) is 1. The fourth-order valence-corrected chi connectivity index (χ4v) is 2.28. The van der Waals surface area contributed by atoms with Gasteiger partial charge >= 0.3 is 6.03 Å². The molecule has 0 aromatic heterocycles. The van der Waals surface area contributed by atoms with Crippen LogP contribution in [0.1, 0.15) is 19.3 Å². The lowest BCUT2D eigenvalue weighted by molar-refractivity contribution is 0.172. The van der Waals surface area contributed by atoms with Crippen LogP contribution in [0, 0.1) is 0 Å². The van der Waals surface area contributed by atoms with Crippen LogP contribution in [0.15, 0.2) is 0 Å². The summed E-state index contributed by atoms with van der Waals surface area (Å²) in [6.07, 6.45) is 3.44. The Labute approximate surface area is 85.2 Å². The minimum absolute atomic E-state index is 0.250. The van der Waals surface area contributed by atoms with Gasteiger partial charge in [-0.15, -0.1) is 0 Å². The molecule has 0 aliphatic carbocycles. The maximum atomic E-state index is 11.9. The van der Waals surface area contributed by atoms with Crippen molar-refractivity contribution < 1.29 is 4.79 Å². The normalized spacial score (nSPS) is 27.4. The number of likely N-dealkylation sites (N-methyl/N-ethyl adjacent to an activating group) is 1. The Morgan fingerprint density at radius 2 is 1.93 bits per heavy atom. The van der Waals surface area contributed by atoms with E-state index in [0.29, 0.717) is 6.04 Å². The average Bonchev–Trinajstić information content (AvgIpc) is 2.88. The van der Waals surface area contributed by atoms with E-state index in [4.69, 9.17) is 0 Å². The van der Waals surface area contributed by atoms with Gasteiger partial charge in [-0.05, 0) is 26.3 Å². The molecule has 0 spiro atoms. The van der Waals surface area contributed by atoms with E-state index in [9.17, 15) is 4.79 Å². The predicted molar refractivity (Wildman–Crippen MR) is 55.2 cm³/mol. The average molecular weight is 197 g/mol. The molecule has 80 valence electrons. The maximum absolute atomic E-state index is 11.9. The van der Waals surface area contributed by atoms with E-state index in [0.717, 1.165) is 32.6 Å². The zero-order valence-electron chi connectivity index (χ0n) is 8.83. The zero-order valence-corrected chi connectivity index (χ0v) is 8.83. The van der Waals surface area contributed by atoms with Crippen LogP contribution in [0.2, 0.25) is 0 Å². The number of nitrogens with one attached hydrogen (secondary N) is 1. The van der Waals surface area contributed by atoms with Gasteiger partial charge in [0.25, 0.3) is 0 Å². The summed E-state index contributed by atoms with van der Waals surface area (Å²) in [4.78, 5) is 15.9. The van der Waals surface area contributed by atoms with E-state index >= 15 is 0 Å². The number of rotatable bonds is 1. The summed E-state index contributed by atoms with van der Waals surface area (Å²) in [7, 11) is 1.97. The Morgan fingerprint density at radius 3 is 2.50 bits per heavy atom. The Hall–Kier alpha value is -0.770. The van der Waals surface area contributed by atoms with Crippen molar-refractivity contribution in [3.63, 3.8) is 0 Å². The van der Waals surface area contributed by atoms with Gasteiger partial charge in [-0.1, -0.05) is 0 Å². The van der Waals surface area contributed by atoms with E-state index in [1.807, 2.05) is 16.8 Å². The molecule has 14 heavy (non-hydrogen) atoms. The number of hydrogen-bond acceptors (Lipinski definition) is 2. The second-order valence-corrected chi connectivity index (χ2v) is 4.20. The Kier molecular flexibility index (Phi) is 2.91. The van der Waals surface area contributed by atoms with Crippen LogP contribution < -0.4 is 5.32 Å². The van der Waals surface area contributed by atoms with Gasteiger partial charge in [-0.3, -0.25) is 0 Å². The number of carbonyl (C=O) groups excluding carboxylic acids is 1. The van der Waals surface area contributed by atoms with Crippen molar-refractivity contribution in [2.24, 2.45) is 0 Å². The number of nitrogens with zero attached hydrogens (tertiary/aromatic N) is 2. The molecule has 0 radical (unpaired) electrons. The Morgan fingerprint density at radius 1 is 1.21 bits per heavy atom. The molecule has 1 N–H and O–H groups in total. The van der Waals surface area contributed by atoms with Crippen LogP contribution in [0.3, 0.4) is 0 Å². The number of amides is 2. The molecule has 2 fully saturated rings. The van der Waals surface area contributed by atoms with Gasteiger partial charge in [0, 0.05) is 32.2 Å². The molecule has 2 saturated heterocycles. The molecule has 4 nitrogen and oxygen atoms in total. The van der Waals surface area contributed by atoms with Crippen molar-refractivity contribution in [3.05, 3.63) is 0 Å². The highest BCUT2D eigenvalue weighted by atomic mass is 16.2. The highest BCUT2D eigenvalue weighted by Gasteiger charge is 2.29. The molecule has 0 saturated carbocycles. The summed E-state index contributed by atoms with van der Waals surface area (Å²) in [6, 6.07) is 0.752. The van der Waals surface area contributed by atoms with Crippen LogP contribution in [-0.4, -0.2) is 55.1 Å². The third-order valence-corrected chi connectivity index (χ3v) is 3.24. The topological polar surface area (TPSA) is 35.6 Å². The lowest BCUT2D eigenvalue weighted by atomic mass is 10.3. The van der Waals surface area contributed by atoms with Crippen molar-refractivity contribution in [2.75, 3.05) is 33.2 Å². The van der Waals surface area contributed by atoms with Crippen LogP contribution in [0.25, 0.3) is 0 Å². The van der Waals surface area contributed by atoms with E-state index < -0.39 is 0 Å². The number of urea groups is 1. The molecule has 0 aromatic rings. The van der Waals surface area contributed by atoms with Gasteiger partial charge in [0.2, 0.25) is 0 Å². The minimum atomic E-state index is 0.250. The Bertz CT molecular complexity index is 213. The van der Waals surface area contributed by atoms with Gasteiger partial charge in [0.05, 0.1) is 0 Å². The molecule has 0 aromatic carbocycles. The molecule has 2 rings (SSSR count). The quantitative estimate of drug-likeness (QED) is 0.664. The molecule has 2 heterocycles. The van der Waals surface area contributed by atoms with Gasteiger partial charge in [-0.2, -0.15) is 0 Å². The van der Waals surface area contributed by atoms with Gasteiger partial charge in [0.1, 0.15) is 0 Å². The lowest BCUT2D eigenvalue weighted by Crippen LogP contribution is -2.41. The molecule has 4 heteroatoms. The summed E-state index contributed by atoms with van der Waals surface area (Å²) < 4.78 is 0.